The second-order valence-electron chi connectivity index (χ2n) is 6.70. The van der Waals surface area contributed by atoms with E-state index in [0.29, 0.717) is 39.3 Å². The molecular formula is C24H28O3. The van der Waals surface area contributed by atoms with Gasteiger partial charge in [0.25, 0.3) is 0 Å². The van der Waals surface area contributed by atoms with Crippen LogP contribution in [0.4, 0.5) is 0 Å². The van der Waals surface area contributed by atoms with Crippen molar-refractivity contribution in [3.63, 3.8) is 0 Å². The number of ether oxygens (including phenoxy) is 2. The van der Waals surface area contributed by atoms with Crippen molar-refractivity contribution in [1.82, 2.24) is 0 Å². The van der Waals surface area contributed by atoms with Crippen molar-refractivity contribution in [3.05, 3.63) is 96.6 Å². The zero-order valence-electron chi connectivity index (χ0n) is 15.8. The van der Waals surface area contributed by atoms with Crippen molar-refractivity contribution >= 4 is 6.29 Å². The van der Waals surface area contributed by atoms with Gasteiger partial charge in [0.1, 0.15) is 6.29 Å². The van der Waals surface area contributed by atoms with Crippen LogP contribution < -0.4 is 0 Å². The van der Waals surface area contributed by atoms with Crippen LogP contribution in [0.2, 0.25) is 0 Å². The molecule has 0 saturated carbocycles. The molecule has 142 valence electrons. The molecule has 3 nitrogen and oxygen atoms in total. The molecule has 2 aromatic rings. The lowest BCUT2D eigenvalue weighted by molar-refractivity contribution is -0.113. The van der Waals surface area contributed by atoms with Crippen molar-refractivity contribution in [2.45, 2.75) is 26.1 Å². The van der Waals surface area contributed by atoms with Gasteiger partial charge in [-0.1, -0.05) is 85.5 Å². The van der Waals surface area contributed by atoms with E-state index in [0.717, 1.165) is 17.4 Å². The lowest BCUT2D eigenvalue weighted by atomic mass is 9.83. The molecule has 0 aliphatic rings. The first kappa shape index (κ1) is 20.8. The van der Waals surface area contributed by atoms with Crippen molar-refractivity contribution in [2.24, 2.45) is 5.41 Å². The number of carbonyl (C=O) groups is 1. The number of rotatable bonds is 13. The maximum atomic E-state index is 11.4. The molecule has 0 heterocycles. The minimum atomic E-state index is -0.384. The van der Waals surface area contributed by atoms with E-state index in [4.69, 9.17) is 9.47 Å². The number of carbonyl (C=O) groups excluding carboxylic acids is 1. The van der Waals surface area contributed by atoms with E-state index in [-0.39, 0.29) is 5.41 Å². The summed E-state index contributed by atoms with van der Waals surface area (Å²) in [6.45, 7) is 5.66. The molecule has 0 aromatic heterocycles. The molecule has 0 aliphatic heterocycles. The standard InChI is InChI=1S/C24H28O3/c1-2-3-10-15-24(16-17-25,20-26-18-22-11-6-4-7-12-22)21-27-19-23-13-8-5-9-14-23/h2-14,17H,1,15-16,18-21H2/b10-3+. The Morgan fingerprint density at radius 3 is 1.78 bits per heavy atom. The molecule has 0 radical (unpaired) electrons. The summed E-state index contributed by atoms with van der Waals surface area (Å²) in [5.74, 6) is 0. The summed E-state index contributed by atoms with van der Waals surface area (Å²) < 4.78 is 11.9. The highest BCUT2D eigenvalue weighted by Gasteiger charge is 2.29. The van der Waals surface area contributed by atoms with Crippen molar-refractivity contribution in [1.29, 1.82) is 0 Å². The normalized spacial score (nSPS) is 11.6. The van der Waals surface area contributed by atoms with E-state index in [1.54, 1.807) is 6.08 Å². The minimum absolute atomic E-state index is 0.384. The minimum Gasteiger partial charge on any atom is -0.376 e. The first-order valence-electron chi connectivity index (χ1n) is 9.22. The fourth-order valence-electron chi connectivity index (χ4n) is 2.87. The van der Waals surface area contributed by atoms with Crippen LogP contribution in [-0.4, -0.2) is 19.5 Å². The Morgan fingerprint density at radius 1 is 0.815 bits per heavy atom. The van der Waals surface area contributed by atoms with Gasteiger partial charge in [-0.15, -0.1) is 0 Å². The van der Waals surface area contributed by atoms with Gasteiger partial charge in [0.2, 0.25) is 0 Å². The maximum Gasteiger partial charge on any atom is 0.120 e. The molecule has 0 bridgehead atoms. The zero-order chi connectivity index (χ0) is 19.2. The van der Waals surface area contributed by atoms with Crippen LogP contribution in [0.15, 0.2) is 85.5 Å². The van der Waals surface area contributed by atoms with Crippen LogP contribution in [0.1, 0.15) is 24.0 Å². The Hall–Kier alpha value is -2.49. The number of allylic oxidation sites excluding steroid dienone is 3. The largest absolute Gasteiger partial charge is 0.376 e. The van der Waals surface area contributed by atoms with Crippen LogP contribution in [-0.2, 0) is 27.5 Å². The first-order chi connectivity index (χ1) is 13.3. The van der Waals surface area contributed by atoms with Gasteiger partial charge >= 0.3 is 0 Å². The zero-order valence-corrected chi connectivity index (χ0v) is 15.8. The van der Waals surface area contributed by atoms with Crippen LogP contribution in [0.3, 0.4) is 0 Å². The number of aldehydes is 1. The Morgan fingerprint density at radius 2 is 1.33 bits per heavy atom. The molecule has 0 spiro atoms. The van der Waals surface area contributed by atoms with Crippen molar-refractivity contribution < 1.29 is 14.3 Å². The average molecular weight is 364 g/mol. The van der Waals surface area contributed by atoms with Crippen molar-refractivity contribution in [2.75, 3.05) is 13.2 Å². The summed E-state index contributed by atoms with van der Waals surface area (Å²) in [6, 6.07) is 20.1. The summed E-state index contributed by atoms with van der Waals surface area (Å²) in [4.78, 5) is 11.4. The van der Waals surface area contributed by atoms with Gasteiger partial charge < -0.3 is 14.3 Å². The third kappa shape index (κ3) is 7.73. The Kier molecular flexibility index (Phi) is 9.25. The second kappa shape index (κ2) is 12.0. The van der Waals surface area contributed by atoms with Gasteiger partial charge in [0, 0.05) is 11.8 Å². The molecule has 2 aromatic carbocycles. The predicted octanol–water partition coefficient (Wildman–Crippen LogP) is 5.13. The highest BCUT2D eigenvalue weighted by molar-refractivity contribution is 5.51. The van der Waals surface area contributed by atoms with Crippen LogP contribution >= 0.6 is 0 Å². The van der Waals surface area contributed by atoms with Gasteiger partial charge in [-0.05, 0) is 17.5 Å². The number of benzene rings is 2. The van der Waals surface area contributed by atoms with Gasteiger partial charge in [-0.25, -0.2) is 0 Å². The lowest BCUT2D eigenvalue weighted by Crippen LogP contribution is -2.32. The summed E-state index contributed by atoms with van der Waals surface area (Å²) in [7, 11) is 0. The Labute approximate surface area is 162 Å². The lowest BCUT2D eigenvalue weighted by Gasteiger charge is -2.31. The number of hydrogen-bond acceptors (Lipinski definition) is 3. The molecule has 27 heavy (non-hydrogen) atoms. The smallest absolute Gasteiger partial charge is 0.120 e. The van der Waals surface area contributed by atoms with E-state index in [1.165, 1.54) is 0 Å². The molecule has 0 aliphatic carbocycles. The third-order valence-electron chi connectivity index (χ3n) is 4.38. The van der Waals surface area contributed by atoms with E-state index in [1.807, 2.05) is 72.8 Å². The van der Waals surface area contributed by atoms with E-state index in [9.17, 15) is 4.79 Å². The molecule has 0 N–H and O–H groups in total. The second-order valence-corrected chi connectivity index (χ2v) is 6.70. The summed E-state index contributed by atoms with van der Waals surface area (Å²) in [5.41, 5.74) is 1.85. The molecule has 0 fully saturated rings. The van der Waals surface area contributed by atoms with Gasteiger partial charge in [0.15, 0.2) is 0 Å². The predicted molar refractivity (Wildman–Crippen MR) is 109 cm³/mol. The fourth-order valence-corrected chi connectivity index (χ4v) is 2.87. The van der Waals surface area contributed by atoms with Crippen LogP contribution in [0.5, 0.6) is 0 Å². The summed E-state index contributed by atoms with van der Waals surface area (Å²) in [6.07, 6.45) is 7.70. The molecule has 2 rings (SSSR count). The average Bonchev–Trinajstić information content (AvgIpc) is 2.70. The maximum absolute atomic E-state index is 11.4. The third-order valence-corrected chi connectivity index (χ3v) is 4.38. The van der Waals surface area contributed by atoms with E-state index in [2.05, 4.69) is 6.58 Å². The first-order valence-corrected chi connectivity index (χ1v) is 9.22. The SMILES string of the molecule is C=C/C=C/CC(CC=O)(COCc1ccccc1)COCc1ccccc1. The Balaban J connectivity index is 1.98. The van der Waals surface area contributed by atoms with E-state index < -0.39 is 0 Å². The molecular weight excluding hydrogens is 336 g/mol. The number of hydrogen-bond donors (Lipinski definition) is 0. The summed E-state index contributed by atoms with van der Waals surface area (Å²) in [5, 5.41) is 0. The topological polar surface area (TPSA) is 35.5 Å². The van der Waals surface area contributed by atoms with Crippen LogP contribution in [0.25, 0.3) is 0 Å². The Bertz CT molecular complexity index is 647. The van der Waals surface area contributed by atoms with Gasteiger partial charge in [-0.3, -0.25) is 0 Å². The van der Waals surface area contributed by atoms with Crippen molar-refractivity contribution in [3.8, 4) is 0 Å². The molecule has 0 saturated heterocycles. The monoisotopic (exact) mass is 364 g/mol. The highest BCUT2D eigenvalue weighted by atomic mass is 16.5. The van der Waals surface area contributed by atoms with Crippen LogP contribution in [0, 0.1) is 5.41 Å². The van der Waals surface area contributed by atoms with Gasteiger partial charge in [-0.2, -0.15) is 0 Å². The molecule has 3 heteroatoms. The summed E-state index contributed by atoms with van der Waals surface area (Å²) >= 11 is 0. The van der Waals surface area contributed by atoms with Gasteiger partial charge in [0.05, 0.1) is 26.4 Å². The fraction of sp³-hybridized carbons (Fsp3) is 0.292. The molecule has 0 unspecified atom stereocenters. The molecule has 0 atom stereocenters. The quantitative estimate of drug-likeness (QED) is 0.365. The van der Waals surface area contributed by atoms with E-state index >= 15 is 0 Å². The molecule has 0 amide bonds. The highest BCUT2D eigenvalue weighted by Crippen LogP contribution is 2.29.